The van der Waals surface area contributed by atoms with E-state index in [1.807, 2.05) is 23.9 Å². The Kier molecular flexibility index (Phi) is 4.22. The van der Waals surface area contributed by atoms with Gasteiger partial charge in [-0.15, -0.1) is 11.8 Å². The lowest BCUT2D eigenvalue weighted by molar-refractivity contribution is 0.357. The summed E-state index contributed by atoms with van der Waals surface area (Å²) in [5.74, 6) is 2.12. The van der Waals surface area contributed by atoms with Crippen LogP contribution in [0.3, 0.4) is 0 Å². The molecule has 0 fully saturated rings. The van der Waals surface area contributed by atoms with Gasteiger partial charge in [0.15, 0.2) is 0 Å². The molecule has 3 rings (SSSR count). The van der Waals surface area contributed by atoms with E-state index in [1.54, 1.807) is 0 Å². The largest absolute Gasteiger partial charge is 0.493 e. The van der Waals surface area contributed by atoms with Crippen LogP contribution in [0.15, 0.2) is 45.8 Å². The number of nitrogen functional groups attached to an aromatic ring is 1. The molecular weight excluding hydrogens is 334 g/mol. The predicted octanol–water partition coefficient (Wildman–Crippen LogP) is 4.30. The van der Waals surface area contributed by atoms with Gasteiger partial charge in [-0.2, -0.15) is 0 Å². The average Bonchev–Trinajstić information content (AvgIpc) is 2.89. The summed E-state index contributed by atoms with van der Waals surface area (Å²) in [4.78, 5) is 1.24. The quantitative estimate of drug-likeness (QED) is 0.660. The molecule has 0 radical (unpaired) electrons. The van der Waals surface area contributed by atoms with Crippen LogP contribution in [0, 0.1) is 0 Å². The third-order valence-electron chi connectivity index (χ3n) is 3.36. The second-order valence-corrected chi connectivity index (χ2v) is 6.82. The van der Waals surface area contributed by atoms with E-state index in [4.69, 9.17) is 10.5 Å². The van der Waals surface area contributed by atoms with Crippen molar-refractivity contribution in [1.82, 2.24) is 0 Å². The number of fused-ring (bicyclic) bond motifs is 1. The number of hydrogen-bond acceptors (Lipinski definition) is 3. The third-order valence-corrected chi connectivity index (χ3v) is 5.35. The lowest BCUT2D eigenvalue weighted by atomic mass is 10.1. The van der Waals surface area contributed by atoms with Crippen LogP contribution in [-0.4, -0.2) is 12.4 Å². The Morgan fingerprint density at radius 3 is 2.95 bits per heavy atom. The first-order chi connectivity index (χ1) is 9.72. The van der Waals surface area contributed by atoms with Gasteiger partial charge in [0.25, 0.3) is 0 Å². The minimum absolute atomic E-state index is 0.792. The minimum atomic E-state index is 0.792. The smallest absolute Gasteiger partial charge is 0.122 e. The van der Waals surface area contributed by atoms with Crippen molar-refractivity contribution in [2.24, 2.45) is 0 Å². The van der Waals surface area contributed by atoms with E-state index in [0.29, 0.717) is 0 Å². The van der Waals surface area contributed by atoms with Gasteiger partial charge in [0.1, 0.15) is 5.75 Å². The van der Waals surface area contributed by atoms with Crippen molar-refractivity contribution in [1.29, 1.82) is 0 Å². The monoisotopic (exact) mass is 349 g/mol. The normalized spacial score (nSPS) is 13.1. The molecule has 0 bridgehead atoms. The Morgan fingerprint density at radius 1 is 1.20 bits per heavy atom. The van der Waals surface area contributed by atoms with Crippen molar-refractivity contribution in [3.63, 3.8) is 0 Å². The van der Waals surface area contributed by atoms with Crippen LogP contribution in [0.25, 0.3) is 0 Å². The summed E-state index contributed by atoms with van der Waals surface area (Å²) in [6.07, 6.45) is 2.11. The van der Waals surface area contributed by atoms with Crippen molar-refractivity contribution in [3.8, 4) is 5.75 Å². The first kappa shape index (κ1) is 13.8. The summed E-state index contributed by atoms with van der Waals surface area (Å²) in [5.41, 5.74) is 9.27. The molecule has 0 saturated heterocycles. The summed E-state index contributed by atoms with van der Waals surface area (Å²) < 4.78 is 6.60. The first-order valence-electron chi connectivity index (χ1n) is 6.65. The van der Waals surface area contributed by atoms with Crippen LogP contribution in [0.2, 0.25) is 0 Å². The molecule has 1 heterocycles. The van der Waals surface area contributed by atoms with Gasteiger partial charge in [-0.3, -0.25) is 0 Å². The lowest BCUT2D eigenvalue weighted by Crippen LogP contribution is -1.91. The zero-order chi connectivity index (χ0) is 13.9. The average molecular weight is 350 g/mol. The van der Waals surface area contributed by atoms with Crippen LogP contribution >= 0.6 is 27.7 Å². The zero-order valence-corrected chi connectivity index (χ0v) is 13.5. The van der Waals surface area contributed by atoms with Crippen molar-refractivity contribution in [3.05, 3.63) is 52.0 Å². The summed E-state index contributed by atoms with van der Waals surface area (Å²) in [5, 5.41) is 0. The van der Waals surface area contributed by atoms with Gasteiger partial charge >= 0.3 is 0 Å². The van der Waals surface area contributed by atoms with Crippen LogP contribution in [0.5, 0.6) is 5.75 Å². The lowest BCUT2D eigenvalue weighted by Gasteiger charge is -2.06. The van der Waals surface area contributed by atoms with E-state index >= 15 is 0 Å². The molecule has 0 aromatic heterocycles. The Hall–Kier alpha value is -1.13. The number of thioether (sulfide) groups is 1. The summed E-state index contributed by atoms with van der Waals surface area (Å²) in [6, 6.07) is 12.5. The number of benzene rings is 2. The van der Waals surface area contributed by atoms with E-state index in [0.717, 1.165) is 41.1 Å². The maximum Gasteiger partial charge on any atom is 0.122 e. The molecule has 1 aliphatic rings. The molecule has 0 saturated carbocycles. The second kappa shape index (κ2) is 6.10. The van der Waals surface area contributed by atoms with Gasteiger partial charge in [-0.1, -0.05) is 12.1 Å². The SMILES string of the molecule is Nc1ccc(SCCc2ccc3c(c2)CCO3)c(Br)c1. The van der Waals surface area contributed by atoms with Crippen molar-refractivity contribution < 1.29 is 4.74 Å². The fourth-order valence-corrected chi connectivity index (χ4v) is 3.97. The number of anilines is 1. The molecular formula is C16H16BrNOS. The predicted molar refractivity (Wildman–Crippen MR) is 88.6 cm³/mol. The summed E-state index contributed by atoms with van der Waals surface area (Å²) in [7, 11) is 0. The number of aryl methyl sites for hydroxylation is 1. The highest BCUT2D eigenvalue weighted by molar-refractivity contribution is 9.10. The van der Waals surface area contributed by atoms with Gasteiger partial charge in [0.2, 0.25) is 0 Å². The van der Waals surface area contributed by atoms with E-state index in [9.17, 15) is 0 Å². The summed E-state index contributed by atoms with van der Waals surface area (Å²) in [6.45, 7) is 0.825. The molecule has 2 aromatic rings. The molecule has 0 atom stereocenters. The number of rotatable bonds is 4. The van der Waals surface area contributed by atoms with Gasteiger partial charge in [0, 0.05) is 27.2 Å². The Labute approximate surface area is 131 Å². The highest BCUT2D eigenvalue weighted by atomic mass is 79.9. The molecule has 104 valence electrons. The fraction of sp³-hybridized carbons (Fsp3) is 0.250. The van der Waals surface area contributed by atoms with Gasteiger partial charge < -0.3 is 10.5 Å². The Balaban J connectivity index is 1.60. The standard InChI is InChI=1S/C16H16BrNOS/c17-14-10-13(18)2-4-16(14)20-8-6-11-1-3-15-12(9-11)5-7-19-15/h1-4,9-10H,5-8,18H2. The minimum Gasteiger partial charge on any atom is -0.493 e. The topological polar surface area (TPSA) is 35.2 Å². The van der Waals surface area contributed by atoms with Crippen LogP contribution in [0.1, 0.15) is 11.1 Å². The molecule has 2 nitrogen and oxygen atoms in total. The van der Waals surface area contributed by atoms with E-state index in [2.05, 4.69) is 40.2 Å². The van der Waals surface area contributed by atoms with E-state index in [-0.39, 0.29) is 0 Å². The molecule has 0 spiro atoms. The molecule has 4 heteroatoms. The van der Waals surface area contributed by atoms with Crippen molar-refractivity contribution >= 4 is 33.4 Å². The summed E-state index contributed by atoms with van der Waals surface area (Å²) >= 11 is 5.41. The van der Waals surface area contributed by atoms with E-state index < -0.39 is 0 Å². The van der Waals surface area contributed by atoms with Gasteiger partial charge in [-0.05, 0) is 57.7 Å². The number of halogens is 1. The van der Waals surface area contributed by atoms with Crippen LogP contribution in [-0.2, 0) is 12.8 Å². The highest BCUT2D eigenvalue weighted by Crippen LogP contribution is 2.30. The number of ether oxygens (including phenoxy) is 1. The Morgan fingerprint density at radius 2 is 2.10 bits per heavy atom. The first-order valence-corrected chi connectivity index (χ1v) is 8.43. The highest BCUT2D eigenvalue weighted by Gasteiger charge is 2.11. The molecule has 0 aliphatic carbocycles. The van der Waals surface area contributed by atoms with Gasteiger partial charge in [0.05, 0.1) is 6.61 Å². The molecule has 0 amide bonds. The number of nitrogens with two attached hydrogens (primary N) is 1. The van der Waals surface area contributed by atoms with Gasteiger partial charge in [-0.25, -0.2) is 0 Å². The zero-order valence-electron chi connectivity index (χ0n) is 11.1. The maximum absolute atomic E-state index is 5.75. The van der Waals surface area contributed by atoms with E-state index in [1.165, 1.54) is 16.0 Å². The Bertz CT molecular complexity index is 630. The molecule has 1 aliphatic heterocycles. The number of hydrogen-bond donors (Lipinski definition) is 1. The third kappa shape index (κ3) is 3.13. The second-order valence-electron chi connectivity index (χ2n) is 4.83. The van der Waals surface area contributed by atoms with Crippen molar-refractivity contribution in [2.75, 3.05) is 18.1 Å². The van der Waals surface area contributed by atoms with Crippen molar-refractivity contribution in [2.45, 2.75) is 17.7 Å². The van der Waals surface area contributed by atoms with Crippen LogP contribution in [0.4, 0.5) is 5.69 Å². The molecule has 2 N–H and O–H groups in total. The maximum atomic E-state index is 5.75. The molecule has 20 heavy (non-hydrogen) atoms. The molecule has 2 aromatic carbocycles. The molecule has 0 unspecified atom stereocenters. The fourth-order valence-electron chi connectivity index (χ4n) is 2.31. The van der Waals surface area contributed by atoms with Crippen LogP contribution < -0.4 is 10.5 Å².